The summed E-state index contributed by atoms with van der Waals surface area (Å²) < 4.78 is 0. The van der Waals surface area contributed by atoms with E-state index in [1.165, 1.54) is 80.9 Å². The molecule has 0 saturated heterocycles. The Balaban J connectivity index is 0.000000196. The molecule has 2 nitrogen and oxygen atoms in total. The molecule has 0 aromatic carbocycles. The lowest BCUT2D eigenvalue weighted by atomic mass is 9.50. The zero-order chi connectivity index (χ0) is 42.2. The van der Waals surface area contributed by atoms with Gasteiger partial charge in [0.1, 0.15) is 0 Å². The predicted molar refractivity (Wildman–Crippen MR) is 249 cm³/mol. The summed E-state index contributed by atoms with van der Waals surface area (Å²) in [6.07, 6.45) is 37.2. The van der Waals surface area contributed by atoms with E-state index in [4.69, 9.17) is 0 Å². The summed E-state index contributed by atoms with van der Waals surface area (Å²) in [5, 5.41) is 20.2. The van der Waals surface area contributed by atoms with E-state index in [1.807, 2.05) is 0 Å². The van der Waals surface area contributed by atoms with E-state index in [1.54, 1.807) is 11.1 Å². The van der Waals surface area contributed by atoms with Gasteiger partial charge in [0.25, 0.3) is 0 Å². The van der Waals surface area contributed by atoms with Crippen molar-refractivity contribution < 1.29 is 10.2 Å². The SMILES string of the molecule is C=C1CC[C@@H](O)C/C1=C/C=C1\CCC[C@]2(C)[C@@H]([C@H](C)/C=C/[C@H](C)C(C)C)CC[C@@H]12.CC(C)[C@@H](C)/C=C/[C@@H](C)[C@H]1CC[C@H]2C3=CC=C4C[C@@H](O)CC[C@@]4(C)[C@@H]3CC[C@]12C. The van der Waals surface area contributed by atoms with Crippen LogP contribution in [-0.4, -0.2) is 22.4 Å². The van der Waals surface area contributed by atoms with Crippen LogP contribution in [0.3, 0.4) is 0 Å². The number of fused-ring (bicyclic) bond motifs is 6. The van der Waals surface area contributed by atoms with Gasteiger partial charge in [0.2, 0.25) is 0 Å². The third-order valence-electron chi connectivity index (χ3n) is 18.7. The van der Waals surface area contributed by atoms with Gasteiger partial charge in [0, 0.05) is 0 Å². The third-order valence-corrected chi connectivity index (χ3v) is 18.7. The Morgan fingerprint density at radius 2 is 1.19 bits per heavy atom. The van der Waals surface area contributed by atoms with Crippen LogP contribution in [0.5, 0.6) is 0 Å². The number of rotatable bonds is 9. The van der Waals surface area contributed by atoms with Crippen LogP contribution in [0.25, 0.3) is 0 Å². The highest BCUT2D eigenvalue weighted by Gasteiger charge is 2.57. The van der Waals surface area contributed by atoms with Crippen molar-refractivity contribution in [3.8, 4) is 0 Å². The minimum Gasteiger partial charge on any atom is -0.393 e. The minimum absolute atomic E-state index is 0.116. The zero-order valence-corrected chi connectivity index (χ0v) is 39.3. The lowest BCUT2D eigenvalue weighted by molar-refractivity contribution is 0.0382. The van der Waals surface area contributed by atoms with Crippen LogP contribution in [0.4, 0.5) is 0 Å². The average Bonchev–Trinajstić information content (AvgIpc) is 3.73. The Morgan fingerprint density at radius 3 is 1.81 bits per heavy atom. The van der Waals surface area contributed by atoms with Crippen molar-refractivity contribution >= 4 is 0 Å². The maximum Gasteiger partial charge on any atom is 0.0583 e. The Bertz CT molecular complexity index is 1630. The highest BCUT2D eigenvalue weighted by Crippen LogP contribution is 2.66. The van der Waals surface area contributed by atoms with Crippen molar-refractivity contribution in [3.63, 3.8) is 0 Å². The Hall–Kier alpha value is -1.90. The van der Waals surface area contributed by atoms with Gasteiger partial charge in [-0.2, -0.15) is 0 Å². The topological polar surface area (TPSA) is 40.5 Å². The number of hydrogen-bond acceptors (Lipinski definition) is 2. The van der Waals surface area contributed by atoms with Gasteiger partial charge in [-0.25, -0.2) is 0 Å². The van der Waals surface area contributed by atoms with E-state index in [-0.39, 0.29) is 12.2 Å². The van der Waals surface area contributed by atoms with Crippen molar-refractivity contribution in [2.75, 3.05) is 0 Å². The molecule has 0 spiro atoms. The molecule has 7 rings (SSSR count). The van der Waals surface area contributed by atoms with Crippen LogP contribution in [0.15, 0.2) is 83.1 Å². The first kappa shape index (κ1) is 45.6. The maximum absolute atomic E-state index is 10.2. The molecule has 14 atom stereocenters. The molecule has 0 heterocycles. The van der Waals surface area contributed by atoms with Gasteiger partial charge in [0.05, 0.1) is 12.2 Å². The fourth-order valence-electron chi connectivity index (χ4n) is 13.8. The van der Waals surface area contributed by atoms with Gasteiger partial charge in [-0.05, 0) is 183 Å². The first-order valence-corrected chi connectivity index (χ1v) is 24.6. The fraction of sp³-hybridized carbons (Fsp3) is 0.750. The second-order valence-corrected chi connectivity index (χ2v) is 22.7. The molecule has 0 radical (unpaired) electrons. The van der Waals surface area contributed by atoms with Gasteiger partial charge < -0.3 is 10.2 Å². The van der Waals surface area contributed by atoms with Crippen LogP contribution in [0.1, 0.15) is 172 Å². The minimum atomic E-state index is -0.182. The van der Waals surface area contributed by atoms with E-state index in [0.29, 0.717) is 39.9 Å². The largest absolute Gasteiger partial charge is 0.393 e. The lowest BCUT2D eigenvalue weighted by Crippen LogP contribution is -2.46. The molecule has 0 bridgehead atoms. The monoisotopic (exact) mass is 793 g/mol. The van der Waals surface area contributed by atoms with Gasteiger partial charge in [-0.1, -0.05) is 154 Å². The number of aliphatic hydroxyl groups is 2. The Labute approximate surface area is 358 Å². The van der Waals surface area contributed by atoms with E-state index < -0.39 is 0 Å². The highest BCUT2D eigenvalue weighted by molar-refractivity contribution is 5.39. The van der Waals surface area contributed by atoms with Gasteiger partial charge in [-0.3, -0.25) is 0 Å². The third kappa shape index (κ3) is 9.30. The van der Waals surface area contributed by atoms with Crippen LogP contribution in [0.2, 0.25) is 0 Å². The molecular weight excluding hydrogens is 705 g/mol. The molecule has 0 amide bonds. The highest BCUT2D eigenvalue weighted by atomic mass is 16.3. The van der Waals surface area contributed by atoms with Crippen molar-refractivity contribution in [3.05, 3.63) is 83.1 Å². The van der Waals surface area contributed by atoms with Crippen LogP contribution < -0.4 is 0 Å². The second-order valence-electron chi connectivity index (χ2n) is 22.7. The smallest absolute Gasteiger partial charge is 0.0583 e. The molecule has 7 aliphatic rings. The molecule has 324 valence electrons. The molecule has 2 heteroatoms. The average molecular weight is 793 g/mol. The second kappa shape index (κ2) is 18.6. The summed E-state index contributed by atoms with van der Waals surface area (Å²) in [5.41, 5.74) is 8.68. The predicted octanol–water partition coefficient (Wildman–Crippen LogP) is 15.0. The van der Waals surface area contributed by atoms with Crippen molar-refractivity contribution in [2.45, 2.75) is 185 Å². The first-order chi connectivity index (χ1) is 27.4. The summed E-state index contributed by atoms with van der Waals surface area (Å²) in [5.74, 6) is 7.96. The summed E-state index contributed by atoms with van der Waals surface area (Å²) in [6.45, 7) is 30.9. The summed E-state index contributed by atoms with van der Waals surface area (Å²) in [4.78, 5) is 0. The first-order valence-electron chi connectivity index (χ1n) is 24.6. The summed E-state index contributed by atoms with van der Waals surface area (Å²) >= 11 is 0. The molecule has 0 aromatic rings. The lowest BCUT2D eigenvalue weighted by Gasteiger charge is -2.55. The van der Waals surface area contributed by atoms with Crippen LogP contribution >= 0.6 is 0 Å². The van der Waals surface area contributed by atoms with Crippen LogP contribution in [0, 0.1) is 81.3 Å². The Morgan fingerprint density at radius 1 is 0.603 bits per heavy atom. The van der Waals surface area contributed by atoms with E-state index in [0.717, 1.165) is 73.5 Å². The normalized spacial score (nSPS) is 41.1. The van der Waals surface area contributed by atoms with Gasteiger partial charge in [-0.15, -0.1) is 0 Å². The number of hydrogen-bond donors (Lipinski definition) is 2. The summed E-state index contributed by atoms with van der Waals surface area (Å²) in [6, 6.07) is 0. The number of aliphatic hydroxyl groups excluding tert-OH is 2. The van der Waals surface area contributed by atoms with E-state index in [2.05, 4.69) is 131 Å². The fourth-order valence-corrected chi connectivity index (χ4v) is 13.8. The molecule has 6 saturated carbocycles. The maximum atomic E-state index is 10.2. The van der Waals surface area contributed by atoms with E-state index >= 15 is 0 Å². The molecule has 58 heavy (non-hydrogen) atoms. The molecule has 7 aliphatic carbocycles. The van der Waals surface area contributed by atoms with Crippen molar-refractivity contribution in [1.82, 2.24) is 0 Å². The molecule has 2 N–H and O–H groups in total. The van der Waals surface area contributed by atoms with Gasteiger partial charge >= 0.3 is 0 Å². The molecule has 0 aromatic heterocycles. The van der Waals surface area contributed by atoms with Gasteiger partial charge in [0.15, 0.2) is 0 Å². The van der Waals surface area contributed by atoms with Crippen LogP contribution in [-0.2, 0) is 0 Å². The van der Waals surface area contributed by atoms with Crippen molar-refractivity contribution in [2.24, 2.45) is 81.3 Å². The molecule has 0 unspecified atom stereocenters. The summed E-state index contributed by atoms with van der Waals surface area (Å²) in [7, 11) is 0. The quantitative estimate of drug-likeness (QED) is 0.228. The zero-order valence-electron chi connectivity index (χ0n) is 39.3. The number of allylic oxidation sites excluding steroid dienone is 11. The van der Waals surface area contributed by atoms with Crippen molar-refractivity contribution in [1.29, 1.82) is 0 Å². The molecule has 6 fully saturated rings. The Kier molecular flexibility index (Phi) is 14.6. The standard InChI is InChI=1S/2C28H44O/c1-18(2)19(3)7-8-20(4)24-11-12-25-23-10-9-21-17-22(29)13-15-27(21,5)26(23)14-16-28(24,25)6;1-19(2)20(3)9-10-22(5)26-15-16-27-23(8-7-17-28(26,27)6)12-13-24-18-25(29)14-11-21(24)4/h7-10,18-20,22,24-26,29H,11-17H2,1-6H3;9-10,12-13,19-20,22,25-27,29H,4,7-8,11,14-18H2,1-3,5-6H3/b8-7+;10-9+,23-12+,24-13-/t19-,20+,22-,24+,25-,26+,27+,28+;20-,22+,25+,26+,27-,28+/m00/s1. The van der Waals surface area contributed by atoms with E-state index in [9.17, 15) is 10.2 Å². The molecular formula is C56H88O2. The molecule has 0 aliphatic heterocycles.